The second-order valence-electron chi connectivity index (χ2n) is 14.7. The molecule has 1 aliphatic carbocycles. The molecule has 0 unspecified atom stereocenters. The van der Waals surface area contributed by atoms with Gasteiger partial charge in [0.25, 0.3) is 5.69 Å². The lowest BCUT2D eigenvalue weighted by molar-refractivity contribution is -0.383. The van der Waals surface area contributed by atoms with Gasteiger partial charge in [-0.1, -0.05) is 0 Å². The summed E-state index contributed by atoms with van der Waals surface area (Å²) in [6.45, 7) is 12.1. The second kappa shape index (κ2) is 16.2. The summed E-state index contributed by atoms with van der Waals surface area (Å²) in [4.78, 5) is 45.3. The first-order valence-corrected chi connectivity index (χ1v) is 17.7. The highest BCUT2D eigenvalue weighted by Gasteiger charge is 2.34. The number of pyridine rings is 1. The van der Waals surface area contributed by atoms with Gasteiger partial charge in [0.1, 0.15) is 11.3 Å². The zero-order chi connectivity index (χ0) is 37.7. The number of nitro groups is 1. The maximum absolute atomic E-state index is 12.9. The van der Waals surface area contributed by atoms with Crippen LogP contribution in [0.4, 0.5) is 21.9 Å². The van der Waals surface area contributed by atoms with Crippen molar-refractivity contribution in [1.82, 2.24) is 19.7 Å². The normalized spacial score (nSPS) is 19.0. The number of rotatable bonds is 12. The number of amides is 1. The Morgan fingerprint density at radius 1 is 1.06 bits per heavy atom. The van der Waals surface area contributed by atoms with E-state index >= 15 is 0 Å². The monoisotopic (exact) mass is 721 g/mol. The van der Waals surface area contributed by atoms with Crippen molar-refractivity contribution in [2.75, 3.05) is 63.8 Å². The van der Waals surface area contributed by atoms with Crippen molar-refractivity contribution in [3.05, 3.63) is 57.4 Å². The number of piperazine rings is 1. The number of nitro benzene ring substituents is 1. The van der Waals surface area contributed by atoms with Crippen LogP contribution in [0.1, 0.15) is 61.8 Å². The fourth-order valence-electron chi connectivity index (χ4n) is 7.10. The highest BCUT2D eigenvalue weighted by Crippen LogP contribution is 2.37. The molecule has 2 fully saturated rings. The maximum atomic E-state index is 12.9. The number of esters is 1. The molecule has 2 aromatic heterocycles. The van der Waals surface area contributed by atoms with Gasteiger partial charge in [-0.15, -0.1) is 0 Å². The van der Waals surface area contributed by atoms with Crippen LogP contribution in [0.3, 0.4) is 0 Å². The molecular weight excluding hydrogens is 670 g/mol. The summed E-state index contributed by atoms with van der Waals surface area (Å²) in [5, 5.41) is 20.0. The topological polar surface area (TPSA) is 163 Å². The number of methoxy groups -OCH3 is 2. The zero-order valence-corrected chi connectivity index (χ0v) is 31.4. The van der Waals surface area contributed by atoms with Crippen LogP contribution in [-0.2, 0) is 21.3 Å². The lowest BCUT2D eigenvalue weighted by atomic mass is 10.1. The van der Waals surface area contributed by atoms with Gasteiger partial charge in [-0.3, -0.25) is 20.0 Å². The van der Waals surface area contributed by atoms with Crippen LogP contribution < -0.4 is 15.0 Å². The number of nitrogens with zero attached hydrogens (tertiary/aromatic N) is 6. The molecule has 2 aliphatic rings. The number of carbonyl (C=O) groups excluding carboxylic acids is 2. The minimum absolute atomic E-state index is 0.0154. The van der Waals surface area contributed by atoms with Gasteiger partial charge < -0.3 is 29.2 Å². The van der Waals surface area contributed by atoms with Gasteiger partial charge in [0.2, 0.25) is 5.88 Å². The molecule has 5 rings (SSSR count). The molecule has 0 radical (unpaired) electrons. The summed E-state index contributed by atoms with van der Waals surface area (Å²) in [5.74, 6) is 0.729. The average Bonchev–Trinajstić information content (AvgIpc) is 3.66. The van der Waals surface area contributed by atoms with E-state index in [1.54, 1.807) is 41.0 Å². The fourth-order valence-corrected chi connectivity index (χ4v) is 7.10. The van der Waals surface area contributed by atoms with Crippen LogP contribution in [0, 0.1) is 35.8 Å². The molecule has 1 amide bonds. The van der Waals surface area contributed by atoms with Crippen molar-refractivity contribution in [2.24, 2.45) is 18.9 Å². The Morgan fingerprint density at radius 2 is 1.81 bits per heavy atom. The lowest BCUT2D eigenvalue weighted by Crippen LogP contribution is -2.57. The van der Waals surface area contributed by atoms with E-state index in [4.69, 9.17) is 18.9 Å². The van der Waals surface area contributed by atoms with E-state index in [-0.39, 0.29) is 28.7 Å². The summed E-state index contributed by atoms with van der Waals surface area (Å²) < 4.78 is 24.1. The largest absolute Gasteiger partial charge is 0.477 e. The Balaban J connectivity index is 1.22. The zero-order valence-electron chi connectivity index (χ0n) is 31.4. The molecule has 1 saturated carbocycles. The van der Waals surface area contributed by atoms with E-state index in [0.717, 1.165) is 36.2 Å². The number of anilines is 2. The van der Waals surface area contributed by atoms with Crippen molar-refractivity contribution in [3.8, 4) is 17.1 Å². The first-order chi connectivity index (χ1) is 24.7. The Morgan fingerprint density at radius 3 is 2.50 bits per heavy atom. The summed E-state index contributed by atoms with van der Waals surface area (Å²) in [6, 6.07) is 8.28. The molecule has 1 N–H and O–H groups in total. The molecular formula is C37H51N7O8. The predicted molar refractivity (Wildman–Crippen MR) is 196 cm³/mol. The van der Waals surface area contributed by atoms with Crippen LogP contribution in [0.15, 0.2) is 30.3 Å². The van der Waals surface area contributed by atoms with Gasteiger partial charge >= 0.3 is 12.1 Å². The van der Waals surface area contributed by atoms with Crippen LogP contribution in [-0.4, -0.2) is 102 Å². The minimum Gasteiger partial charge on any atom is -0.477 e. The summed E-state index contributed by atoms with van der Waals surface area (Å²) in [7, 11) is 4.77. The van der Waals surface area contributed by atoms with Crippen molar-refractivity contribution in [1.29, 1.82) is 0 Å². The number of nitrogens with one attached hydrogen (secondary N) is 1. The van der Waals surface area contributed by atoms with Crippen LogP contribution in [0.5, 0.6) is 5.88 Å². The van der Waals surface area contributed by atoms with Crippen LogP contribution >= 0.6 is 0 Å². The fraction of sp³-hybridized carbons (Fsp3) is 0.568. The number of hydrogen-bond acceptors (Lipinski definition) is 12. The standard InChI is InChI=1S/C37H51N7O8/c1-23-15-27(35(45)50-8)17-31(39-23)33-24(2)40-41(6)34(33)51-21-26-10-9-25(16-26)19-38-30-18-28(11-12-32(30)44(47)48)42-13-14-43(29(20-42)22-49-7)36(46)52-37(3,4)5/h11-12,15,17-18,25-26,29,38H,9-10,13-14,16,19-22H2,1-8H3/t25-,26+,29-/m1/s1. The molecule has 0 bridgehead atoms. The Kier molecular flexibility index (Phi) is 11.9. The minimum atomic E-state index is -0.614. The highest BCUT2D eigenvalue weighted by molar-refractivity contribution is 5.91. The lowest BCUT2D eigenvalue weighted by Gasteiger charge is -2.42. The number of carbonyl (C=O) groups is 2. The molecule has 15 nitrogen and oxygen atoms in total. The molecule has 1 saturated heterocycles. The molecule has 1 aliphatic heterocycles. The van der Waals surface area contributed by atoms with E-state index in [1.165, 1.54) is 7.11 Å². The van der Waals surface area contributed by atoms with Crippen molar-refractivity contribution in [2.45, 2.75) is 65.5 Å². The molecule has 1 aromatic carbocycles. The molecule has 0 spiro atoms. The van der Waals surface area contributed by atoms with Gasteiger partial charge in [-0.2, -0.15) is 5.10 Å². The average molecular weight is 722 g/mol. The number of hydrogen-bond donors (Lipinski definition) is 1. The number of aromatic nitrogens is 3. The van der Waals surface area contributed by atoms with Crippen LogP contribution in [0.2, 0.25) is 0 Å². The van der Waals surface area contributed by atoms with Gasteiger partial charge in [0, 0.05) is 57.8 Å². The molecule has 282 valence electrons. The molecule has 15 heteroatoms. The Hall–Kier alpha value is -4.92. The van der Waals surface area contributed by atoms with Crippen LogP contribution in [0.25, 0.3) is 11.3 Å². The van der Waals surface area contributed by atoms with E-state index in [2.05, 4.69) is 20.3 Å². The molecule has 52 heavy (non-hydrogen) atoms. The quantitative estimate of drug-likeness (QED) is 0.137. The third kappa shape index (κ3) is 9.11. The van der Waals surface area contributed by atoms with Gasteiger partial charge in [-0.05, 0) is 90.0 Å². The van der Waals surface area contributed by atoms with Crippen molar-refractivity contribution < 1.29 is 33.5 Å². The first kappa shape index (κ1) is 38.3. The number of ether oxygens (including phenoxy) is 4. The first-order valence-electron chi connectivity index (χ1n) is 17.7. The number of aryl methyl sites for hydroxylation is 3. The smallest absolute Gasteiger partial charge is 0.410 e. The number of benzene rings is 1. The SMILES string of the molecule is COC[C@H]1CN(c2ccc([N+](=O)[O-])c(NC[C@@H]3CC[C@H](COc4c(-c5cc(C(=O)OC)cc(C)n5)c(C)nn4C)C3)c2)CCN1C(=O)OC(C)(C)C. The van der Waals surface area contributed by atoms with E-state index < -0.39 is 11.6 Å². The van der Waals surface area contributed by atoms with E-state index in [1.807, 2.05) is 47.7 Å². The second-order valence-corrected chi connectivity index (χ2v) is 14.7. The highest BCUT2D eigenvalue weighted by atomic mass is 16.6. The summed E-state index contributed by atoms with van der Waals surface area (Å²) in [5.41, 5.74) is 3.86. The van der Waals surface area contributed by atoms with Gasteiger partial charge in [-0.25, -0.2) is 14.3 Å². The Bertz CT molecular complexity index is 1770. The third-order valence-electron chi connectivity index (χ3n) is 9.50. The molecule has 3 heterocycles. The molecule has 3 atom stereocenters. The van der Waals surface area contributed by atoms with Crippen molar-refractivity contribution >= 4 is 29.1 Å². The van der Waals surface area contributed by atoms with Gasteiger partial charge in [0.15, 0.2) is 0 Å². The summed E-state index contributed by atoms with van der Waals surface area (Å²) in [6.07, 6.45) is 2.43. The predicted octanol–water partition coefficient (Wildman–Crippen LogP) is 5.77. The van der Waals surface area contributed by atoms with E-state index in [0.29, 0.717) is 73.8 Å². The third-order valence-corrected chi connectivity index (χ3v) is 9.50. The molecule has 3 aromatic rings. The van der Waals surface area contributed by atoms with E-state index in [9.17, 15) is 19.7 Å². The van der Waals surface area contributed by atoms with Crippen molar-refractivity contribution in [3.63, 3.8) is 0 Å². The summed E-state index contributed by atoms with van der Waals surface area (Å²) >= 11 is 0. The maximum Gasteiger partial charge on any atom is 0.410 e. The van der Waals surface area contributed by atoms with Gasteiger partial charge in [0.05, 0.1) is 53.8 Å². The Labute approximate surface area is 304 Å².